The van der Waals surface area contributed by atoms with Crippen LogP contribution >= 0.6 is 0 Å². The number of rotatable bonds is 3. The van der Waals surface area contributed by atoms with Gasteiger partial charge in [-0.2, -0.15) is 0 Å². The molecule has 1 N–H and O–H groups in total. The van der Waals surface area contributed by atoms with Crippen molar-refractivity contribution in [3.05, 3.63) is 78.1 Å². The van der Waals surface area contributed by atoms with Crippen molar-refractivity contribution in [1.29, 1.82) is 0 Å². The van der Waals surface area contributed by atoms with E-state index in [1.54, 1.807) is 17.0 Å². The van der Waals surface area contributed by atoms with Crippen LogP contribution in [0.25, 0.3) is 10.8 Å². The third kappa shape index (κ3) is 3.26. The lowest BCUT2D eigenvalue weighted by Crippen LogP contribution is -3.13. The van der Waals surface area contributed by atoms with Crippen molar-refractivity contribution in [3.63, 3.8) is 0 Å². The first-order chi connectivity index (χ1) is 11.8. The van der Waals surface area contributed by atoms with Crippen molar-refractivity contribution < 1.29 is 9.29 Å². The van der Waals surface area contributed by atoms with Gasteiger partial charge in [-0.15, -0.1) is 0 Å². The van der Waals surface area contributed by atoms with Gasteiger partial charge in [-0.3, -0.25) is 0 Å². The smallest absolute Gasteiger partial charge is 0.123 e. The molecule has 0 spiro atoms. The maximum absolute atomic E-state index is 13.0. The van der Waals surface area contributed by atoms with E-state index in [0.29, 0.717) is 0 Å². The summed E-state index contributed by atoms with van der Waals surface area (Å²) in [7, 11) is 0. The summed E-state index contributed by atoms with van der Waals surface area (Å²) in [6.45, 7) is 5.35. The Morgan fingerprint density at radius 2 is 1.54 bits per heavy atom. The molecular weight excluding hydrogens is 299 g/mol. The van der Waals surface area contributed by atoms with Gasteiger partial charge in [0, 0.05) is 11.3 Å². The minimum atomic E-state index is -0.167. The minimum Gasteiger partial charge on any atom is -0.360 e. The van der Waals surface area contributed by atoms with Gasteiger partial charge in [0.2, 0.25) is 0 Å². The fraction of sp³-hybridized carbons (Fsp3) is 0.238. The highest BCUT2D eigenvalue weighted by atomic mass is 19.1. The molecule has 1 fully saturated rings. The number of halogens is 1. The van der Waals surface area contributed by atoms with Crippen LogP contribution in [0.1, 0.15) is 5.56 Å². The van der Waals surface area contributed by atoms with Crippen LogP contribution < -0.4 is 9.80 Å². The molecule has 1 aliphatic rings. The van der Waals surface area contributed by atoms with Gasteiger partial charge < -0.3 is 9.80 Å². The standard InChI is InChI=1S/C21H21FN2/c22-20-7-9-21(10-8-20)24-13-11-23(12-14-24)16-17-5-6-18-3-1-2-4-19(18)15-17/h1-10,15H,11-14,16H2/p+1. The number of nitrogens with zero attached hydrogens (tertiary/aromatic N) is 1. The molecule has 122 valence electrons. The van der Waals surface area contributed by atoms with Gasteiger partial charge in [0.15, 0.2) is 0 Å². The largest absolute Gasteiger partial charge is 0.360 e. The van der Waals surface area contributed by atoms with Crippen molar-refractivity contribution in [2.24, 2.45) is 0 Å². The molecule has 0 aliphatic carbocycles. The van der Waals surface area contributed by atoms with Gasteiger partial charge in [-0.1, -0.05) is 36.4 Å². The Hall–Kier alpha value is -2.39. The van der Waals surface area contributed by atoms with Crippen LogP contribution in [0, 0.1) is 5.82 Å². The maximum atomic E-state index is 13.0. The normalized spacial score (nSPS) is 15.8. The molecule has 0 radical (unpaired) electrons. The van der Waals surface area contributed by atoms with E-state index < -0.39 is 0 Å². The molecule has 0 bridgehead atoms. The van der Waals surface area contributed by atoms with Crippen molar-refractivity contribution in [3.8, 4) is 0 Å². The molecule has 0 amide bonds. The van der Waals surface area contributed by atoms with Crippen LogP contribution in [-0.4, -0.2) is 26.2 Å². The Morgan fingerprint density at radius 1 is 0.833 bits per heavy atom. The molecule has 24 heavy (non-hydrogen) atoms. The molecule has 3 aromatic carbocycles. The Bertz CT molecular complexity index is 821. The van der Waals surface area contributed by atoms with Gasteiger partial charge in [0.1, 0.15) is 12.4 Å². The summed E-state index contributed by atoms with van der Waals surface area (Å²) in [6.07, 6.45) is 0. The quantitative estimate of drug-likeness (QED) is 0.779. The summed E-state index contributed by atoms with van der Waals surface area (Å²) in [5.41, 5.74) is 2.53. The number of anilines is 1. The van der Waals surface area contributed by atoms with Crippen LogP contribution in [-0.2, 0) is 6.54 Å². The first-order valence-corrected chi connectivity index (χ1v) is 8.60. The third-order valence-electron chi connectivity index (χ3n) is 4.93. The van der Waals surface area contributed by atoms with Crippen LogP contribution in [0.3, 0.4) is 0 Å². The molecule has 1 saturated heterocycles. The molecule has 3 heteroatoms. The molecule has 3 aromatic rings. The molecule has 0 atom stereocenters. The van der Waals surface area contributed by atoms with Crippen molar-refractivity contribution in [2.75, 3.05) is 31.1 Å². The maximum Gasteiger partial charge on any atom is 0.123 e. The Kier molecular flexibility index (Phi) is 4.18. The molecule has 0 saturated carbocycles. The van der Waals surface area contributed by atoms with E-state index in [1.165, 1.54) is 16.3 Å². The van der Waals surface area contributed by atoms with Crippen LogP contribution in [0.4, 0.5) is 10.1 Å². The SMILES string of the molecule is Fc1ccc(N2CC[NH+](Cc3ccc4ccccc4c3)CC2)cc1. The van der Waals surface area contributed by atoms with E-state index in [2.05, 4.69) is 47.4 Å². The number of quaternary nitrogens is 1. The number of fused-ring (bicyclic) bond motifs is 1. The average Bonchev–Trinajstić information content (AvgIpc) is 2.63. The zero-order valence-electron chi connectivity index (χ0n) is 13.7. The first kappa shape index (κ1) is 15.2. The van der Waals surface area contributed by atoms with Crippen molar-refractivity contribution >= 4 is 16.5 Å². The number of nitrogens with one attached hydrogen (secondary N) is 1. The summed E-state index contributed by atoms with van der Waals surface area (Å²) >= 11 is 0. The average molecular weight is 321 g/mol. The molecule has 1 aliphatic heterocycles. The molecular formula is C21H22FN2+. The lowest BCUT2D eigenvalue weighted by molar-refractivity contribution is -0.914. The predicted octanol–water partition coefficient (Wildman–Crippen LogP) is 2.88. The van der Waals surface area contributed by atoms with E-state index in [0.717, 1.165) is 38.4 Å². The highest BCUT2D eigenvalue weighted by Gasteiger charge is 2.20. The summed E-state index contributed by atoms with van der Waals surface area (Å²) in [5, 5.41) is 2.62. The second kappa shape index (κ2) is 6.62. The van der Waals surface area contributed by atoms with E-state index in [-0.39, 0.29) is 5.82 Å². The summed E-state index contributed by atoms with van der Waals surface area (Å²) in [6, 6.07) is 22.2. The molecule has 4 rings (SSSR count). The van der Waals surface area contributed by atoms with Gasteiger partial charge in [0.05, 0.1) is 26.2 Å². The summed E-state index contributed by atoms with van der Waals surface area (Å²) < 4.78 is 13.0. The number of hydrogen-bond acceptors (Lipinski definition) is 1. The van der Waals surface area contributed by atoms with Crippen LogP contribution in [0.2, 0.25) is 0 Å². The van der Waals surface area contributed by atoms with E-state index >= 15 is 0 Å². The highest BCUT2D eigenvalue weighted by Crippen LogP contribution is 2.16. The fourth-order valence-corrected chi connectivity index (χ4v) is 3.55. The Labute approximate surface area is 142 Å². The Balaban J connectivity index is 1.39. The molecule has 0 unspecified atom stereocenters. The van der Waals surface area contributed by atoms with Gasteiger partial charge in [0.25, 0.3) is 0 Å². The minimum absolute atomic E-state index is 0.167. The van der Waals surface area contributed by atoms with Crippen molar-refractivity contribution in [1.82, 2.24) is 0 Å². The fourth-order valence-electron chi connectivity index (χ4n) is 3.55. The summed E-state index contributed by atoms with van der Waals surface area (Å²) in [5.74, 6) is -0.167. The van der Waals surface area contributed by atoms with Gasteiger partial charge in [-0.05, 0) is 41.1 Å². The predicted molar refractivity (Wildman–Crippen MR) is 97.0 cm³/mol. The Morgan fingerprint density at radius 3 is 2.29 bits per heavy atom. The monoisotopic (exact) mass is 321 g/mol. The number of hydrogen-bond donors (Lipinski definition) is 1. The first-order valence-electron chi connectivity index (χ1n) is 8.60. The number of benzene rings is 3. The lowest BCUT2D eigenvalue weighted by atomic mass is 10.1. The van der Waals surface area contributed by atoms with Gasteiger partial charge >= 0.3 is 0 Å². The van der Waals surface area contributed by atoms with Gasteiger partial charge in [-0.25, -0.2) is 4.39 Å². The zero-order chi connectivity index (χ0) is 16.4. The van der Waals surface area contributed by atoms with Crippen molar-refractivity contribution in [2.45, 2.75) is 6.54 Å². The van der Waals surface area contributed by atoms with E-state index in [1.807, 2.05) is 12.1 Å². The van der Waals surface area contributed by atoms with E-state index in [4.69, 9.17) is 0 Å². The molecule has 0 aromatic heterocycles. The summed E-state index contributed by atoms with van der Waals surface area (Å²) in [4.78, 5) is 3.97. The zero-order valence-corrected chi connectivity index (χ0v) is 13.7. The van der Waals surface area contributed by atoms with Crippen LogP contribution in [0.5, 0.6) is 0 Å². The topological polar surface area (TPSA) is 7.68 Å². The molecule has 2 nitrogen and oxygen atoms in total. The third-order valence-corrected chi connectivity index (χ3v) is 4.93. The van der Waals surface area contributed by atoms with Crippen LogP contribution in [0.15, 0.2) is 66.7 Å². The highest BCUT2D eigenvalue weighted by molar-refractivity contribution is 5.82. The lowest BCUT2D eigenvalue weighted by Gasteiger charge is -2.33. The second-order valence-electron chi connectivity index (χ2n) is 6.57. The second-order valence-corrected chi connectivity index (χ2v) is 6.57. The van der Waals surface area contributed by atoms with E-state index in [9.17, 15) is 4.39 Å². The number of piperazine rings is 1. The molecule has 1 heterocycles.